The van der Waals surface area contributed by atoms with Gasteiger partial charge < -0.3 is 10.3 Å². The Bertz CT molecular complexity index is 1180. The molecule has 0 saturated carbocycles. The second-order valence-electron chi connectivity index (χ2n) is 5.76. The molecular weight excluding hydrogens is 412 g/mol. The number of nitrogens with two attached hydrogens (primary N) is 1. The highest BCUT2D eigenvalue weighted by atomic mass is 32.2. The Kier molecular flexibility index (Phi) is 5.42. The van der Waals surface area contributed by atoms with Crippen molar-refractivity contribution in [2.24, 2.45) is 12.1 Å². The van der Waals surface area contributed by atoms with Crippen molar-refractivity contribution in [3.8, 4) is 5.82 Å². The Morgan fingerprint density at radius 2 is 2.17 bits per heavy atom. The summed E-state index contributed by atoms with van der Waals surface area (Å²) < 4.78 is 7.66. The van der Waals surface area contributed by atoms with E-state index in [0.29, 0.717) is 10.9 Å². The lowest BCUT2D eigenvalue weighted by atomic mass is 10.3. The average molecular weight is 426 g/mol. The first-order chi connectivity index (χ1) is 14.6. The molecular formula is C15H14N12O2S. The van der Waals surface area contributed by atoms with Crippen molar-refractivity contribution in [3.05, 3.63) is 47.8 Å². The number of nitrogens with zero attached hydrogens (tertiary/aromatic N) is 10. The number of nitrogens with one attached hydrogen (secondary N) is 1. The van der Waals surface area contributed by atoms with Crippen LogP contribution in [0.3, 0.4) is 0 Å². The summed E-state index contributed by atoms with van der Waals surface area (Å²) in [6.45, 7) is 0. The lowest BCUT2D eigenvalue weighted by Gasteiger charge is -2.05. The van der Waals surface area contributed by atoms with Crippen LogP contribution < -0.4 is 11.2 Å². The fraction of sp³-hybridized carbons (Fsp3) is 0.133. The van der Waals surface area contributed by atoms with Crippen LogP contribution in [0.5, 0.6) is 0 Å². The molecule has 0 aliphatic heterocycles. The molecule has 0 unspecified atom stereocenters. The molecule has 30 heavy (non-hydrogen) atoms. The number of pyridine rings is 1. The summed E-state index contributed by atoms with van der Waals surface area (Å²) in [5.74, 6) is -0.166. The molecule has 3 N–H and O–H groups in total. The lowest BCUT2D eigenvalue weighted by Crippen LogP contribution is -2.20. The van der Waals surface area contributed by atoms with Crippen LogP contribution in [0.25, 0.3) is 5.82 Å². The summed E-state index contributed by atoms with van der Waals surface area (Å²) in [6, 6.07) is 3.49. The van der Waals surface area contributed by atoms with Crippen LogP contribution in [0, 0.1) is 0 Å². The zero-order valence-electron chi connectivity index (χ0n) is 15.4. The number of aryl methyl sites for hydroxylation is 1. The van der Waals surface area contributed by atoms with Gasteiger partial charge in [0.2, 0.25) is 11.6 Å². The average Bonchev–Trinajstić information content (AvgIpc) is 3.46. The third kappa shape index (κ3) is 4.00. The van der Waals surface area contributed by atoms with Crippen molar-refractivity contribution in [2.45, 2.75) is 10.9 Å². The van der Waals surface area contributed by atoms with E-state index in [-0.39, 0.29) is 23.1 Å². The van der Waals surface area contributed by atoms with E-state index < -0.39 is 5.91 Å². The van der Waals surface area contributed by atoms with Crippen molar-refractivity contribution in [1.82, 2.24) is 50.5 Å². The highest BCUT2D eigenvalue weighted by molar-refractivity contribution is 7.98. The number of anilines is 1. The second-order valence-corrected chi connectivity index (χ2v) is 6.70. The SMILES string of the molecule is Cn1cnnc1SCc1c(C(=O)NN=Cc2ccncc2)nnn1-c1nonc1N. The Balaban J connectivity index is 1.59. The number of carbonyl (C=O) groups is 1. The molecule has 1 amide bonds. The van der Waals surface area contributed by atoms with Crippen LogP contribution in [0.4, 0.5) is 5.82 Å². The number of amides is 1. The highest BCUT2D eigenvalue weighted by Gasteiger charge is 2.24. The van der Waals surface area contributed by atoms with Crippen molar-refractivity contribution in [1.29, 1.82) is 0 Å². The minimum absolute atomic E-state index is 0.00692. The monoisotopic (exact) mass is 426 g/mol. The Hall–Kier alpha value is -4.14. The van der Waals surface area contributed by atoms with Gasteiger partial charge in [-0.25, -0.2) is 10.1 Å². The lowest BCUT2D eigenvalue weighted by molar-refractivity contribution is 0.0949. The molecule has 0 bridgehead atoms. The zero-order chi connectivity index (χ0) is 20.9. The van der Waals surface area contributed by atoms with Gasteiger partial charge in [0.15, 0.2) is 10.9 Å². The topological polar surface area (TPSA) is 181 Å². The third-order valence-corrected chi connectivity index (χ3v) is 4.81. The molecule has 4 aromatic heterocycles. The Labute approximate surface area is 172 Å². The maximum Gasteiger partial charge on any atom is 0.293 e. The first kappa shape index (κ1) is 19.2. The molecule has 15 heteroatoms. The largest absolute Gasteiger partial charge is 0.378 e. The summed E-state index contributed by atoms with van der Waals surface area (Å²) in [5.41, 5.74) is 9.41. The van der Waals surface area contributed by atoms with Crippen molar-refractivity contribution >= 4 is 29.7 Å². The summed E-state index contributed by atoms with van der Waals surface area (Å²) in [7, 11) is 1.80. The molecule has 0 radical (unpaired) electrons. The molecule has 0 aliphatic carbocycles. The van der Waals surface area contributed by atoms with Crippen LogP contribution in [-0.4, -0.2) is 57.2 Å². The number of aromatic nitrogens is 9. The number of thioether (sulfide) groups is 1. The second kappa shape index (κ2) is 8.48. The fourth-order valence-corrected chi connectivity index (χ4v) is 3.20. The van der Waals surface area contributed by atoms with Gasteiger partial charge in [-0.1, -0.05) is 17.0 Å². The van der Waals surface area contributed by atoms with Crippen LogP contribution in [0.1, 0.15) is 21.7 Å². The number of hydrogen-bond donors (Lipinski definition) is 2. The molecule has 0 saturated heterocycles. The smallest absolute Gasteiger partial charge is 0.293 e. The number of nitrogen functional groups attached to an aromatic ring is 1. The zero-order valence-corrected chi connectivity index (χ0v) is 16.3. The number of carbonyl (C=O) groups excluding carboxylic acids is 1. The number of rotatable bonds is 7. The highest BCUT2D eigenvalue weighted by Crippen LogP contribution is 2.24. The van der Waals surface area contributed by atoms with Gasteiger partial charge in [0.05, 0.1) is 11.9 Å². The predicted octanol–water partition coefficient (Wildman–Crippen LogP) is -0.188. The molecule has 152 valence electrons. The predicted molar refractivity (Wildman–Crippen MR) is 103 cm³/mol. The molecule has 14 nitrogen and oxygen atoms in total. The van der Waals surface area contributed by atoms with E-state index in [1.807, 2.05) is 0 Å². The van der Waals surface area contributed by atoms with Gasteiger partial charge in [0, 0.05) is 25.2 Å². The van der Waals surface area contributed by atoms with Gasteiger partial charge in [-0.2, -0.15) is 9.78 Å². The minimum atomic E-state index is -0.560. The van der Waals surface area contributed by atoms with E-state index in [9.17, 15) is 4.79 Å². The normalized spacial score (nSPS) is 11.2. The van der Waals surface area contributed by atoms with E-state index in [1.54, 1.807) is 42.5 Å². The van der Waals surface area contributed by atoms with E-state index >= 15 is 0 Å². The van der Waals surface area contributed by atoms with Crippen molar-refractivity contribution in [2.75, 3.05) is 5.73 Å². The third-order valence-electron chi connectivity index (χ3n) is 3.77. The summed E-state index contributed by atoms with van der Waals surface area (Å²) in [6.07, 6.45) is 6.29. The van der Waals surface area contributed by atoms with Crippen LogP contribution in [0.15, 0.2) is 45.7 Å². The van der Waals surface area contributed by atoms with Crippen molar-refractivity contribution < 1.29 is 9.42 Å². The molecule has 0 aliphatic rings. The number of hydrogen-bond acceptors (Lipinski definition) is 12. The summed E-state index contributed by atoms with van der Waals surface area (Å²) >= 11 is 1.32. The maximum absolute atomic E-state index is 12.7. The molecule has 0 spiro atoms. The maximum atomic E-state index is 12.7. The first-order valence-electron chi connectivity index (χ1n) is 8.36. The van der Waals surface area contributed by atoms with Crippen LogP contribution in [0.2, 0.25) is 0 Å². The van der Waals surface area contributed by atoms with Gasteiger partial charge in [-0.3, -0.25) is 9.78 Å². The Morgan fingerprint density at radius 1 is 1.33 bits per heavy atom. The van der Waals surface area contributed by atoms with E-state index in [1.165, 1.54) is 22.7 Å². The number of hydrazone groups is 1. The van der Waals surface area contributed by atoms with Gasteiger partial charge in [-0.15, -0.1) is 15.3 Å². The molecule has 4 heterocycles. The van der Waals surface area contributed by atoms with Crippen LogP contribution >= 0.6 is 11.8 Å². The summed E-state index contributed by atoms with van der Waals surface area (Å²) in [5, 5.41) is 27.6. The quantitative estimate of drug-likeness (QED) is 0.227. The van der Waals surface area contributed by atoms with Gasteiger partial charge in [0.1, 0.15) is 6.33 Å². The van der Waals surface area contributed by atoms with E-state index in [0.717, 1.165) is 5.56 Å². The molecule has 0 fully saturated rings. The molecule has 0 aromatic carbocycles. The van der Waals surface area contributed by atoms with Crippen molar-refractivity contribution in [3.63, 3.8) is 0 Å². The Morgan fingerprint density at radius 3 is 2.87 bits per heavy atom. The molecule has 4 aromatic rings. The molecule has 0 atom stereocenters. The first-order valence-corrected chi connectivity index (χ1v) is 9.35. The van der Waals surface area contributed by atoms with Gasteiger partial charge in [-0.05, 0) is 28.0 Å². The van der Waals surface area contributed by atoms with E-state index in [4.69, 9.17) is 5.73 Å². The van der Waals surface area contributed by atoms with Gasteiger partial charge in [0.25, 0.3) is 5.91 Å². The fourth-order valence-electron chi connectivity index (χ4n) is 2.32. The molecule has 4 rings (SSSR count). The standard InChI is InChI=1S/C15H14N12O2S/c1-26-8-19-22-15(26)30-7-10-11(20-25-27(10)13-12(16)23-29-24-13)14(28)21-18-6-9-2-4-17-5-3-9/h2-6,8H,7H2,1H3,(H2,16,23)(H,21,28). The summed E-state index contributed by atoms with van der Waals surface area (Å²) in [4.78, 5) is 16.6. The van der Waals surface area contributed by atoms with Crippen LogP contribution in [-0.2, 0) is 12.8 Å². The minimum Gasteiger partial charge on any atom is -0.378 e. The van der Waals surface area contributed by atoms with E-state index in [2.05, 4.69) is 51.0 Å². The van der Waals surface area contributed by atoms with Gasteiger partial charge >= 0.3 is 0 Å².